The molecule has 11 N–H and O–H groups in total. The number of carbonyl (C=O) groups excluding carboxylic acids is 1. The van der Waals surface area contributed by atoms with Crippen LogP contribution in [-0.2, 0) is 19.0 Å². The Kier molecular flexibility index (Phi) is 25.3. The van der Waals surface area contributed by atoms with Crippen molar-refractivity contribution in [2.24, 2.45) is 11.7 Å². The zero-order valence-electron chi connectivity index (χ0n) is 34.1. The van der Waals surface area contributed by atoms with Gasteiger partial charge in [-0.15, -0.1) is 0 Å². The maximum absolute atomic E-state index is 12.1. The molecule has 1 fully saturated rings. The van der Waals surface area contributed by atoms with Crippen LogP contribution in [0.4, 0.5) is 0 Å². The van der Waals surface area contributed by atoms with Crippen molar-refractivity contribution in [3.05, 3.63) is 85.1 Å². The van der Waals surface area contributed by atoms with Gasteiger partial charge in [0.15, 0.2) is 12.1 Å². The first-order valence-electron chi connectivity index (χ1n) is 20.7. The number of hydrogen-bond acceptors (Lipinski definition) is 14. The minimum absolute atomic E-state index is 0.00165. The van der Waals surface area contributed by atoms with E-state index in [0.717, 1.165) is 0 Å². The highest BCUT2D eigenvalue weighted by molar-refractivity contribution is 5.69. The SMILES string of the molecule is CC1OC(O[C@H]2/C=C/C=C/C=C/C=C/C=C/C=C/C=C/C[C@@H](O)CCOC(=O)C[C@H](O)CCCC[C@@H](O)[C@H](O)C[C@H](O)CC(O)(O)CC[C@@H](C)CC2)C(O)C(N)C1O. The molecule has 0 radical (unpaired) electrons. The van der Waals surface area contributed by atoms with Crippen LogP contribution in [-0.4, -0.2) is 132 Å². The van der Waals surface area contributed by atoms with Crippen LogP contribution in [0.15, 0.2) is 85.1 Å². The van der Waals surface area contributed by atoms with Crippen molar-refractivity contribution in [1.29, 1.82) is 0 Å². The highest BCUT2D eigenvalue weighted by atomic mass is 16.7. The molecule has 330 valence electrons. The molecule has 2 rings (SSSR count). The van der Waals surface area contributed by atoms with Gasteiger partial charge in [-0.05, 0) is 51.4 Å². The van der Waals surface area contributed by atoms with E-state index in [-0.39, 0.29) is 51.0 Å². The molecule has 0 bridgehead atoms. The zero-order valence-corrected chi connectivity index (χ0v) is 34.1. The first kappa shape index (κ1) is 51.3. The second-order valence-corrected chi connectivity index (χ2v) is 15.7. The highest BCUT2D eigenvalue weighted by Crippen LogP contribution is 2.27. The minimum Gasteiger partial charge on any atom is -0.465 e. The summed E-state index contributed by atoms with van der Waals surface area (Å²) in [5, 5.41) is 94.1. The number of aliphatic hydroxyl groups excluding tert-OH is 7. The predicted molar refractivity (Wildman–Crippen MR) is 221 cm³/mol. The van der Waals surface area contributed by atoms with E-state index in [0.29, 0.717) is 38.5 Å². The standard InChI is InChI=1S/C44H71NO13/c1-31-22-23-36(58-43-42(53)40(45)41(52)32(2)57-43)20-15-13-11-9-7-5-3-4-6-8-10-12-14-18-33(46)25-27-56-39(51)29-34(47)19-16-17-21-37(49)38(50)28-35(48)30-44(54,55)26-24-31/h3-15,20,31-38,40-43,46-50,52-55H,16-19,21-30,45H2,1-2H3/b5-3+,6-4+,9-7+,10-8+,13-11+,14-12+,20-15+/t31-,32?,33+,34+,35-,36-,37+,38+,40?,41?,42?,43?/m0/s1. The summed E-state index contributed by atoms with van der Waals surface area (Å²) in [7, 11) is 0. The number of cyclic esters (lactones) is 1. The van der Waals surface area contributed by atoms with Gasteiger partial charge < -0.3 is 65.9 Å². The first-order valence-corrected chi connectivity index (χ1v) is 20.7. The summed E-state index contributed by atoms with van der Waals surface area (Å²) in [5.74, 6) is -2.79. The number of esters is 1. The fourth-order valence-electron chi connectivity index (χ4n) is 6.48. The Bertz CT molecular complexity index is 1340. The zero-order chi connectivity index (χ0) is 42.9. The van der Waals surface area contributed by atoms with Gasteiger partial charge in [0, 0.05) is 25.7 Å². The van der Waals surface area contributed by atoms with E-state index in [2.05, 4.69) is 0 Å². The van der Waals surface area contributed by atoms with Gasteiger partial charge in [-0.1, -0.05) is 105 Å². The maximum atomic E-state index is 12.1. The Morgan fingerprint density at radius 2 is 1.29 bits per heavy atom. The lowest BCUT2D eigenvalue weighted by molar-refractivity contribution is -0.276. The largest absolute Gasteiger partial charge is 0.465 e. The monoisotopic (exact) mass is 821 g/mol. The Balaban J connectivity index is 2.08. The van der Waals surface area contributed by atoms with E-state index in [1.807, 2.05) is 92.0 Å². The normalized spacial score (nSPS) is 39.7. The minimum atomic E-state index is -2.22. The summed E-state index contributed by atoms with van der Waals surface area (Å²) in [6.45, 7) is 3.62. The van der Waals surface area contributed by atoms with Gasteiger partial charge in [-0.3, -0.25) is 4.79 Å². The van der Waals surface area contributed by atoms with Crippen LogP contribution < -0.4 is 5.73 Å². The molecule has 1 saturated heterocycles. The summed E-state index contributed by atoms with van der Waals surface area (Å²) >= 11 is 0. The first-order chi connectivity index (χ1) is 27.6. The molecule has 12 atom stereocenters. The Hall–Kier alpha value is -2.83. The number of hydrogen-bond donors (Lipinski definition) is 10. The molecule has 2 aliphatic rings. The Labute approximate surface area is 344 Å². The number of ether oxygens (including phenoxy) is 3. The molecular weight excluding hydrogens is 750 g/mol. The van der Waals surface area contributed by atoms with Crippen molar-refractivity contribution >= 4 is 5.97 Å². The quantitative estimate of drug-likeness (QED) is 0.142. The molecule has 14 heteroatoms. The van der Waals surface area contributed by atoms with E-state index in [1.165, 1.54) is 0 Å². The van der Waals surface area contributed by atoms with Crippen LogP contribution in [0.3, 0.4) is 0 Å². The van der Waals surface area contributed by atoms with Crippen LogP contribution in [0.5, 0.6) is 0 Å². The third-order valence-corrected chi connectivity index (χ3v) is 10.2. The molecular formula is C44H71NO13. The average Bonchev–Trinajstić information content (AvgIpc) is 3.16. The molecule has 0 aromatic carbocycles. The Morgan fingerprint density at radius 3 is 1.95 bits per heavy atom. The van der Waals surface area contributed by atoms with Crippen LogP contribution in [0.1, 0.15) is 97.3 Å². The number of nitrogens with two attached hydrogens (primary N) is 1. The van der Waals surface area contributed by atoms with Crippen molar-refractivity contribution in [3.8, 4) is 0 Å². The fourth-order valence-corrected chi connectivity index (χ4v) is 6.48. The number of aliphatic hydroxyl groups is 9. The van der Waals surface area contributed by atoms with Crippen molar-refractivity contribution in [1.82, 2.24) is 0 Å². The highest BCUT2D eigenvalue weighted by Gasteiger charge is 2.42. The van der Waals surface area contributed by atoms with Gasteiger partial charge in [-0.25, -0.2) is 0 Å². The van der Waals surface area contributed by atoms with Gasteiger partial charge in [-0.2, -0.15) is 0 Å². The smallest absolute Gasteiger partial charge is 0.308 e. The molecule has 0 amide bonds. The van der Waals surface area contributed by atoms with Crippen molar-refractivity contribution in [2.45, 2.75) is 170 Å². The summed E-state index contributed by atoms with van der Waals surface area (Å²) in [6, 6.07) is -0.951. The van der Waals surface area contributed by atoms with Crippen LogP contribution >= 0.6 is 0 Å². The second kappa shape index (κ2) is 28.6. The second-order valence-electron chi connectivity index (χ2n) is 15.7. The molecule has 0 aromatic rings. The number of allylic oxidation sites excluding steroid dienone is 12. The lowest BCUT2D eigenvalue weighted by Crippen LogP contribution is -2.61. The maximum Gasteiger partial charge on any atom is 0.308 e. The third kappa shape index (κ3) is 22.5. The molecule has 5 unspecified atom stereocenters. The average molecular weight is 822 g/mol. The fraction of sp³-hybridized carbons (Fsp3) is 0.659. The van der Waals surface area contributed by atoms with E-state index in [4.69, 9.17) is 19.9 Å². The molecule has 2 heterocycles. The van der Waals surface area contributed by atoms with E-state index in [9.17, 15) is 50.8 Å². The molecule has 58 heavy (non-hydrogen) atoms. The Morgan fingerprint density at radius 1 is 0.690 bits per heavy atom. The van der Waals surface area contributed by atoms with Gasteiger partial charge >= 0.3 is 5.97 Å². The lowest BCUT2D eigenvalue weighted by Gasteiger charge is -2.40. The van der Waals surface area contributed by atoms with Crippen molar-refractivity contribution < 1.29 is 65.0 Å². The van der Waals surface area contributed by atoms with Crippen LogP contribution in [0, 0.1) is 5.92 Å². The predicted octanol–water partition coefficient (Wildman–Crippen LogP) is 2.81. The lowest BCUT2D eigenvalue weighted by atomic mass is 9.91. The molecule has 0 saturated carbocycles. The molecule has 0 aliphatic carbocycles. The number of carbonyl (C=O) groups is 1. The van der Waals surface area contributed by atoms with Crippen LogP contribution in [0.25, 0.3) is 0 Å². The molecule has 14 nitrogen and oxygen atoms in total. The molecule has 0 aromatic heterocycles. The van der Waals surface area contributed by atoms with E-state index < -0.39 is 85.4 Å². The van der Waals surface area contributed by atoms with Gasteiger partial charge in [0.2, 0.25) is 0 Å². The summed E-state index contributed by atoms with van der Waals surface area (Å²) < 4.78 is 17.0. The van der Waals surface area contributed by atoms with Gasteiger partial charge in [0.25, 0.3) is 0 Å². The van der Waals surface area contributed by atoms with Crippen molar-refractivity contribution in [3.63, 3.8) is 0 Å². The van der Waals surface area contributed by atoms with E-state index in [1.54, 1.807) is 6.92 Å². The topological polar surface area (TPSA) is 253 Å². The summed E-state index contributed by atoms with van der Waals surface area (Å²) in [5.41, 5.74) is 6.02. The molecule has 0 spiro atoms. The number of rotatable bonds is 2. The van der Waals surface area contributed by atoms with Gasteiger partial charge in [0.05, 0.1) is 67.9 Å². The van der Waals surface area contributed by atoms with Gasteiger partial charge in [0.1, 0.15) is 6.10 Å². The van der Waals surface area contributed by atoms with Crippen LogP contribution in [0.2, 0.25) is 0 Å². The van der Waals surface area contributed by atoms with Crippen molar-refractivity contribution in [2.75, 3.05) is 6.61 Å². The van der Waals surface area contributed by atoms with E-state index >= 15 is 0 Å². The molecule has 2 aliphatic heterocycles. The summed E-state index contributed by atoms with van der Waals surface area (Å²) in [6.07, 6.45) is 18.4. The summed E-state index contributed by atoms with van der Waals surface area (Å²) in [4.78, 5) is 12.1. The third-order valence-electron chi connectivity index (χ3n) is 10.2.